The first-order valence-corrected chi connectivity index (χ1v) is 7.30. The van der Waals surface area contributed by atoms with E-state index in [4.69, 9.17) is 14.6 Å². The van der Waals surface area contributed by atoms with Crippen LogP contribution >= 0.6 is 0 Å². The predicted molar refractivity (Wildman–Crippen MR) is 77.5 cm³/mol. The predicted octanol–water partition coefficient (Wildman–Crippen LogP) is 2.75. The number of H-pyrrole nitrogens is 1. The summed E-state index contributed by atoms with van der Waals surface area (Å²) in [4.78, 5) is 3.38. The van der Waals surface area contributed by atoms with Gasteiger partial charge in [0.2, 0.25) is 0 Å². The molecule has 0 spiro atoms. The number of nitrogens with one attached hydrogen (secondary N) is 1. The van der Waals surface area contributed by atoms with E-state index < -0.39 is 0 Å². The molecule has 0 saturated carbocycles. The Morgan fingerprint density at radius 1 is 1.30 bits per heavy atom. The molecule has 1 atom stereocenters. The Hall–Kier alpha value is -1.36. The third kappa shape index (κ3) is 3.20. The fourth-order valence-electron chi connectivity index (χ4n) is 2.61. The number of fused-ring (bicyclic) bond motifs is 1. The van der Waals surface area contributed by atoms with E-state index in [2.05, 4.69) is 11.1 Å². The van der Waals surface area contributed by atoms with Crippen LogP contribution in [0.1, 0.15) is 30.5 Å². The summed E-state index contributed by atoms with van der Waals surface area (Å²) in [7, 11) is 0. The second kappa shape index (κ2) is 6.39. The van der Waals surface area contributed by atoms with Crippen molar-refractivity contribution in [2.75, 3.05) is 13.2 Å². The minimum absolute atomic E-state index is 0.0193. The molecule has 4 nitrogen and oxygen atoms in total. The molecule has 1 aliphatic rings. The van der Waals surface area contributed by atoms with E-state index in [9.17, 15) is 0 Å². The largest absolute Gasteiger partial charge is 0.392 e. The first kappa shape index (κ1) is 13.6. The fraction of sp³-hybridized carbons (Fsp3) is 0.500. The average Bonchev–Trinajstić information content (AvgIpc) is 2.90. The average molecular weight is 275 g/mol. The van der Waals surface area contributed by atoms with Crippen molar-refractivity contribution in [3.8, 4) is 0 Å². The van der Waals surface area contributed by atoms with Gasteiger partial charge in [-0.05, 0) is 42.3 Å². The molecule has 0 aliphatic carbocycles. The Balaban J connectivity index is 1.57. The maximum atomic E-state index is 9.14. The monoisotopic (exact) mass is 275 g/mol. The normalized spacial score (nSPS) is 19.6. The Labute approximate surface area is 118 Å². The summed E-state index contributed by atoms with van der Waals surface area (Å²) in [5, 5.41) is 10.3. The summed E-state index contributed by atoms with van der Waals surface area (Å²) in [5.41, 5.74) is 3.16. The summed E-state index contributed by atoms with van der Waals surface area (Å²) in [5.74, 6) is 0. The number of aromatic nitrogens is 1. The van der Waals surface area contributed by atoms with Crippen LogP contribution in [0.25, 0.3) is 10.9 Å². The highest BCUT2D eigenvalue weighted by Gasteiger charge is 2.13. The van der Waals surface area contributed by atoms with Crippen molar-refractivity contribution in [3.05, 3.63) is 35.5 Å². The van der Waals surface area contributed by atoms with Gasteiger partial charge in [0.25, 0.3) is 0 Å². The first-order chi connectivity index (χ1) is 9.85. The quantitative estimate of drug-likeness (QED) is 0.882. The van der Waals surface area contributed by atoms with Crippen LogP contribution in [0.2, 0.25) is 0 Å². The van der Waals surface area contributed by atoms with Gasteiger partial charge in [0.15, 0.2) is 6.29 Å². The van der Waals surface area contributed by atoms with Crippen molar-refractivity contribution in [1.29, 1.82) is 0 Å². The van der Waals surface area contributed by atoms with E-state index in [0.29, 0.717) is 6.61 Å². The zero-order valence-corrected chi connectivity index (χ0v) is 11.6. The summed E-state index contributed by atoms with van der Waals surface area (Å²) in [6.45, 7) is 1.57. The molecule has 1 saturated heterocycles. The molecule has 0 bridgehead atoms. The van der Waals surface area contributed by atoms with E-state index in [1.165, 1.54) is 11.8 Å². The molecule has 1 aromatic carbocycles. The third-order valence-electron chi connectivity index (χ3n) is 3.74. The summed E-state index contributed by atoms with van der Waals surface area (Å²) < 4.78 is 11.3. The Morgan fingerprint density at radius 2 is 2.25 bits per heavy atom. The molecule has 20 heavy (non-hydrogen) atoms. The van der Waals surface area contributed by atoms with Crippen LogP contribution < -0.4 is 0 Å². The molecule has 3 rings (SSSR count). The number of benzene rings is 1. The van der Waals surface area contributed by atoms with Crippen LogP contribution in [0.5, 0.6) is 0 Å². The minimum Gasteiger partial charge on any atom is -0.392 e. The van der Waals surface area contributed by atoms with Crippen LogP contribution in [-0.4, -0.2) is 29.6 Å². The van der Waals surface area contributed by atoms with Gasteiger partial charge in [0.05, 0.1) is 13.2 Å². The zero-order chi connectivity index (χ0) is 13.8. The molecule has 1 fully saturated rings. The van der Waals surface area contributed by atoms with Crippen LogP contribution in [0.3, 0.4) is 0 Å². The fourth-order valence-corrected chi connectivity index (χ4v) is 2.61. The molecule has 0 radical (unpaired) electrons. The van der Waals surface area contributed by atoms with Gasteiger partial charge in [-0.25, -0.2) is 0 Å². The summed E-state index contributed by atoms with van der Waals surface area (Å²) in [6, 6.07) is 8.11. The van der Waals surface area contributed by atoms with Crippen LogP contribution in [0.4, 0.5) is 0 Å². The number of hydrogen-bond acceptors (Lipinski definition) is 3. The molecule has 1 aliphatic heterocycles. The first-order valence-electron chi connectivity index (χ1n) is 7.30. The second-order valence-corrected chi connectivity index (χ2v) is 5.29. The molecule has 4 heteroatoms. The van der Waals surface area contributed by atoms with Crippen molar-refractivity contribution in [2.45, 2.75) is 38.6 Å². The van der Waals surface area contributed by atoms with Gasteiger partial charge in [-0.15, -0.1) is 0 Å². The van der Waals surface area contributed by atoms with E-state index in [0.717, 1.165) is 42.6 Å². The van der Waals surface area contributed by atoms with E-state index >= 15 is 0 Å². The second-order valence-electron chi connectivity index (χ2n) is 5.29. The lowest BCUT2D eigenvalue weighted by atomic mass is 10.2. The van der Waals surface area contributed by atoms with Crippen molar-refractivity contribution < 1.29 is 14.6 Å². The number of aliphatic hydroxyl groups is 1. The minimum atomic E-state index is -0.0193. The number of hydrogen-bond donors (Lipinski definition) is 2. The van der Waals surface area contributed by atoms with Gasteiger partial charge in [-0.3, -0.25) is 0 Å². The highest BCUT2D eigenvalue weighted by Crippen LogP contribution is 2.18. The summed E-state index contributed by atoms with van der Waals surface area (Å²) >= 11 is 0. The zero-order valence-electron chi connectivity index (χ0n) is 11.6. The lowest BCUT2D eigenvalue weighted by Crippen LogP contribution is -2.23. The van der Waals surface area contributed by atoms with Gasteiger partial charge in [-0.1, -0.05) is 12.1 Å². The Kier molecular flexibility index (Phi) is 4.35. The Morgan fingerprint density at radius 3 is 3.05 bits per heavy atom. The van der Waals surface area contributed by atoms with Gasteiger partial charge in [0.1, 0.15) is 0 Å². The number of ether oxygens (including phenoxy) is 2. The van der Waals surface area contributed by atoms with Gasteiger partial charge in [-0.2, -0.15) is 0 Å². The van der Waals surface area contributed by atoms with Crippen LogP contribution in [0, 0.1) is 0 Å². The van der Waals surface area contributed by atoms with Crippen molar-refractivity contribution in [2.24, 2.45) is 0 Å². The highest BCUT2D eigenvalue weighted by molar-refractivity contribution is 5.81. The number of aliphatic hydroxyl groups excluding tert-OH is 1. The topological polar surface area (TPSA) is 54.5 Å². The maximum Gasteiger partial charge on any atom is 0.157 e. The third-order valence-corrected chi connectivity index (χ3v) is 3.74. The van der Waals surface area contributed by atoms with Crippen molar-refractivity contribution >= 4 is 10.9 Å². The Bertz CT molecular complexity index is 558. The molecule has 2 aromatic rings. The van der Waals surface area contributed by atoms with E-state index in [1.807, 2.05) is 18.2 Å². The standard InChI is InChI=1S/C16H21NO3/c18-11-12-4-5-13-10-14(17-15(13)9-12)6-8-20-16-3-1-2-7-19-16/h4-5,9-10,16-18H,1-3,6-8,11H2. The van der Waals surface area contributed by atoms with Crippen LogP contribution in [0.15, 0.2) is 24.3 Å². The molecular weight excluding hydrogens is 254 g/mol. The van der Waals surface area contributed by atoms with Crippen molar-refractivity contribution in [3.63, 3.8) is 0 Å². The maximum absolute atomic E-state index is 9.14. The molecular formula is C16H21NO3. The number of rotatable bonds is 5. The number of aromatic amines is 1. The van der Waals surface area contributed by atoms with Crippen molar-refractivity contribution in [1.82, 2.24) is 4.98 Å². The highest BCUT2D eigenvalue weighted by atomic mass is 16.7. The molecule has 0 amide bonds. The van der Waals surface area contributed by atoms with Gasteiger partial charge >= 0.3 is 0 Å². The smallest absolute Gasteiger partial charge is 0.157 e. The van der Waals surface area contributed by atoms with E-state index in [-0.39, 0.29) is 12.9 Å². The molecule has 1 aromatic heterocycles. The molecule has 108 valence electrons. The van der Waals surface area contributed by atoms with Crippen LogP contribution in [-0.2, 0) is 22.5 Å². The summed E-state index contributed by atoms with van der Waals surface area (Å²) in [6.07, 6.45) is 4.18. The van der Waals surface area contributed by atoms with Gasteiger partial charge < -0.3 is 19.6 Å². The van der Waals surface area contributed by atoms with Gasteiger partial charge in [0, 0.05) is 24.2 Å². The molecule has 2 N–H and O–H groups in total. The lowest BCUT2D eigenvalue weighted by molar-refractivity contribution is -0.161. The molecule has 1 unspecified atom stereocenters. The lowest BCUT2D eigenvalue weighted by Gasteiger charge is -2.22. The van der Waals surface area contributed by atoms with E-state index in [1.54, 1.807) is 0 Å². The molecule has 2 heterocycles. The SMILES string of the molecule is OCc1ccc2cc(CCOC3CCCCO3)[nH]c2c1.